The van der Waals surface area contributed by atoms with Gasteiger partial charge in [0.15, 0.2) is 0 Å². The van der Waals surface area contributed by atoms with Crippen LogP contribution in [0.2, 0.25) is 0 Å². The number of aliphatic imine (C=N–C) groups is 1. The normalized spacial score (nSPS) is 19.7. The van der Waals surface area contributed by atoms with Crippen molar-refractivity contribution < 1.29 is 9.59 Å². The standard InChI is InChI=1S/C21H28BrN5O2/c1-14-10-16(4-7-21(14,2)3)27-17(11-23)19(22)20(29)26-13-18(28)25-12-15-5-8-24-9-6-15/h5-6,8-11,16,19,23H,4,7,12-13H2,1-3H3,(H,25,28)(H,26,29). The lowest BCUT2D eigenvalue weighted by Crippen LogP contribution is -2.42. The van der Waals surface area contributed by atoms with Gasteiger partial charge in [0.2, 0.25) is 11.8 Å². The molecule has 1 heterocycles. The smallest absolute Gasteiger partial charge is 0.240 e. The molecule has 0 fully saturated rings. The molecule has 1 aromatic heterocycles. The zero-order valence-electron chi connectivity index (χ0n) is 17.0. The Kier molecular flexibility index (Phi) is 8.25. The summed E-state index contributed by atoms with van der Waals surface area (Å²) < 4.78 is 0. The molecule has 29 heavy (non-hydrogen) atoms. The molecule has 7 nitrogen and oxygen atoms in total. The van der Waals surface area contributed by atoms with Crippen molar-refractivity contribution >= 4 is 39.7 Å². The van der Waals surface area contributed by atoms with Crippen LogP contribution in [-0.2, 0) is 16.1 Å². The molecule has 2 atom stereocenters. The second-order valence-electron chi connectivity index (χ2n) is 7.75. The van der Waals surface area contributed by atoms with Crippen LogP contribution in [0.5, 0.6) is 0 Å². The van der Waals surface area contributed by atoms with Crippen LogP contribution in [0.3, 0.4) is 0 Å². The molecule has 1 aliphatic carbocycles. The highest BCUT2D eigenvalue weighted by molar-refractivity contribution is 9.10. The van der Waals surface area contributed by atoms with Crippen molar-refractivity contribution in [2.45, 2.75) is 51.0 Å². The molecule has 156 valence electrons. The van der Waals surface area contributed by atoms with E-state index in [-0.39, 0.29) is 23.9 Å². The number of carbonyl (C=O) groups excluding carboxylic acids is 2. The van der Waals surface area contributed by atoms with Crippen LogP contribution in [0.25, 0.3) is 0 Å². The maximum Gasteiger partial charge on any atom is 0.240 e. The predicted octanol–water partition coefficient (Wildman–Crippen LogP) is 2.80. The van der Waals surface area contributed by atoms with E-state index in [2.05, 4.69) is 63.4 Å². The highest BCUT2D eigenvalue weighted by atomic mass is 79.9. The molecule has 2 rings (SSSR count). The van der Waals surface area contributed by atoms with Crippen molar-refractivity contribution in [3.63, 3.8) is 0 Å². The molecule has 0 radical (unpaired) electrons. The first-order valence-electron chi connectivity index (χ1n) is 9.57. The SMILES string of the molecule is CC1=CC(N=C(C=N)C(Br)C(=O)NCC(=O)NCc2ccncc2)CCC1(C)C. The molecule has 0 saturated carbocycles. The van der Waals surface area contributed by atoms with Gasteiger partial charge in [0, 0.05) is 25.2 Å². The number of allylic oxidation sites excluding steroid dienone is 1. The van der Waals surface area contributed by atoms with Gasteiger partial charge in [0.05, 0.1) is 18.3 Å². The minimum atomic E-state index is -0.781. The Morgan fingerprint density at radius 3 is 2.69 bits per heavy atom. The Balaban J connectivity index is 1.88. The molecular formula is C21H28BrN5O2. The number of nitrogens with one attached hydrogen (secondary N) is 3. The molecule has 0 bridgehead atoms. The van der Waals surface area contributed by atoms with E-state index in [9.17, 15) is 9.59 Å². The monoisotopic (exact) mass is 461 g/mol. The second-order valence-corrected chi connectivity index (χ2v) is 8.67. The predicted molar refractivity (Wildman–Crippen MR) is 119 cm³/mol. The van der Waals surface area contributed by atoms with Gasteiger partial charge in [-0.2, -0.15) is 0 Å². The Hall–Kier alpha value is -2.35. The number of halogens is 1. The summed E-state index contributed by atoms with van der Waals surface area (Å²) in [5.41, 5.74) is 2.69. The molecule has 0 aliphatic heterocycles. The van der Waals surface area contributed by atoms with E-state index in [1.165, 1.54) is 5.57 Å². The van der Waals surface area contributed by atoms with E-state index >= 15 is 0 Å². The Morgan fingerprint density at radius 2 is 2.07 bits per heavy atom. The lowest BCUT2D eigenvalue weighted by atomic mass is 9.75. The Labute approximate surface area is 180 Å². The lowest BCUT2D eigenvalue weighted by molar-refractivity contribution is -0.125. The molecule has 1 aromatic rings. The lowest BCUT2D eigenvalue weighted by Gasteiger charge is -2.32. The van der Waals surface area contributed by atoms with E-state index < -0.39 is 10.7 Å². The van der Waals surface area contributed by atoms with Crippen LogP contribution in [0.15, 0.2) is 41.2 Å². The fraction of sp³-hybridized carbons (Fsp3) is 0.476. The average molecular weight is 462 g/mol. The molecule has 0 saturated heterocycles. The van der Waals surface area contributed by atoms with E-state index in [1.54, 1.807) is 12.4 Å². The van der Waals surface area contributed by atoms with Crippen LogP contribution in [0.1, 0.15) is 39.2 Å². The highest BCUT2D eigenvalue weighted by Crippen LogP contribution is 2.37. The summed E-state index contributed by atoms with van der Waals surface area (Å²) in [6.45, 7) is 6.72. The fourth-order valence-electron chi connectivity index (χ4n) is 2.93. The quantitative estimate of drug-likeness (QED) is 0.314. The highest BCUT2D eigenvalue weighted by Gasteiger charge is 2.28. The summed E-state index contributed by atoms with van der Waals surface area (Å²) in [6.07, 6.45) is 8.39. The summed E-state index contributed by atoms with van der Waals surface area (Å²) in [4.78, 5) is 32.1. The summed E-state index contributed by atoms with van der Waals surface area (Å²) in [5.74, 6) is -0.695. The zero-order valence-corrected chi connectivity index (χ0v) is 18.6. The van der Waals surface area contributed by atoms with Crippen molar-refractivity contribution in [1.82, 2.24) is 15.6 Å². The number of nitrogens with zero attached hydrogens (tertiary/aromatic N) is 2. The first-order valence-corrected chi connectivity index (χ1v) is 10.5. The van der Waals surface area contributed by atoms with Crippen LogP contribution < -0.4 is 10.6 Å². The number of rotatable bonds is 8. The molecular weight excluding hydrogens is 434 g/mol. The molecule has 0 spiro atoms. The van der Waals surface area contributed by atoms with Gasteiger partial charge in [-0.1, -0.05) is 41.4 Å². The van der Waals surface area contributed by atoms with E-state index in [0.717, 1.165) is 24.6 Å². The van der Waals surface area contributed by atoms with Gasteiger partial charge in [0.25, 0.3) is 0 Å². The molecule has 2 unspecified atom stereocenters. The van der Waals surface area contributed by atoms with Gasteiger partial charge in [-0.25, -0.2) is 0 Å². The summed E-state index contributed by atoms with van der Waals surface area (Å²) >= 11 is 3.31. The largest absolute Gasteiger partial charge is 0.350 e. The molecule has 2 amide bonds. The van der Waals surface area contributed by atoms with Crippen LogP contribution in [-0.4, -0.2) is 46.1 Å². The van der Waals surface area contributed by atoms with Gasteiger partial charge >= 0.3 is 0 Å². The third-order valence-electron chi connectivity index (χ3n) is 5.19. The molecule has 8 heteroatoms. The average Bonchev–Trinajstić information content (AvgIpc) is 2.71. The first kappa shape index (κ1) is 22.9. The van der Waals surface area contributed by atoms with Crippen molar-refractivity contribution in [3.8, 4) is 0 Å². The van der Waals surface area contributed by atoms with Gasteiger partial charge in [-0.15, -0.1) is 0 Å². The van der Waals surface area contributed by atoms with Gasteiger partial charge < -0.3 is 16.0 Å². The van der Waals surface area contributed by atoms with Crippen LogP contribution in [0, 0.1) is 10.8 Å². The molecule has 1 aliphatic rings. The van der Waals surface area contributed by atoms with E-state index in [1.807, 2.05) is 12.1 Å². The summed E-state index contributed by atoms with van der Waals surface area (Å²) in [6, 6.07) is 3.57. The second kappa shape index (κ2) is 10.4. The van der Waals surface area contributed by atoms with Crippen molar-refractivity contribution in [3.05, 3.63) is 41.7 Å². The van der Waals surface area contributed by atoms with Crippen LogP contribution >= 0.6 is 15.9 Å². The number of pyridine rings is 1. The Morgan fingerprint density at radius 1 is 1.38 bits per heavy atom. The van der Waals surface area contributed by atoms with E-state index in [0.29, 0.717) is 12.3 Å². The summed E-state index contributed by atoms with van der Waals surface area (Å²) in [5, 5.41) is 13.0. The maximum atomic E-state index is 12.4. The van der Waals surface area contributed by atoms with Gasteiger partial charge in [0.1, 0.15) is 4.83 Å². The number of hydrogen-bond donors (Lipinski definition) is 3. The van der Waals surface area contributed by atoms with Crippen molar-refractivity contribution in [2.75, 3.05) is 6.54 Å². The minimum absolute atomic E-state index is 0.0452. The number of hydrogen-bond acceptors (Lipinski definition) is 5. The third-order valence-corrected chi connectivity index (χ3v) is 6.07. The maximum absolute atomic E-state index is 12.4. The van der Waals surface area contributed by atoms with Gasteiger partial charge in [-0.3, -0.25) is 19.6 Å². The van der Waals surface area contributed by atoms with E-state index in [4.69, 9.17) is 5.41 Å². The first-order chi connectivity index (χ1) is 13.7. The minimum Gasteiger partial charge on any atom is -0.350 e. The number of alkyl halides is 1. The Bertz CT molecular complexity index is 805. The fourth-order valence-corrected chi connectivity index (χ4v) is 3.34. The number of amides is 2. The topological polar surface area (TPSA) is 107 Å². The van der Waals surface area contributed by atoms with Crippen molar-refractivity contribution in [2.24, 2.45) is 10.4 Å². The summed E-state index contributed by atoms with van der Waals surface area (Å²) in [7, 11) is 0. The van der Waals surface area contributed by atoms with Crippen LogP contribution in [0.4, 0.5) is 0 Å². The third kappa shape index (κ3) is 6.88. The van der Waals surface area contributed by atoms with Crippen molar-refractivity contribution in [1.29, 1.82) is 5.41 Å². The number of carbonyl (C=O) groups is 2. The zero-order chi connectivity index (χ0) is 21.4. The van der Waals surface area contributed by atoms with Gasteiger partial charge in [-0.05, 0) is 42.9 Å². The number of aromatic nitrogens is 1. The molecule has 3 N–H and O–H groups in total. The molecule has 0 aromatic carbocycles.